The highest BCUT2D eigenvalue weighted by Gasteiger charge is 2.04. The molecule has 1 amide bonds. The number of nitrogens with two attached hydrogens (primary N) is 1. The van der Waals surface area contributed by atoms with E-state index in [1.54, 1.807) is 24.0 Å². The summed E-state index contributed by atoms with van der Waals surface area (Å²) >= 11 is 0. The number of ether oxygens (including phenoxy) is 1. The molecule has 6 nitrogen and oxygen atoms in total. The van der Waals surface area contributed by atoms with Gasteiger partial charge in [-0.3, -0.25) is 9.48 Å². The van der Waals surface area contributed by atoms with Crippen LogP contribution in [0, 0.1) is 0 Å². The Morgan fingerprint density at radius 1 is 1.79 bits per heavy atom. The van der Waals surface area contributed by atoms with Crippen molar-refractivity contribution >= 4 is 11.7 Å². The highest BCUT2D eigenvalue weighted by Crippen LogP contribution is 2.02. The van der Waals surface area contributed by atoms with Crippen molar-refractivity contribution in [2.24, 2.45) is 12.8 Å². The molecule has 0 aliphatic heterocycles. The first-order chi connectivity index (χ1) is 6.74. The zero-order valence-corrected chi connectivity index (χ0v) is 8.06. The lowest BCUT2D eigenvalue weighted by molar-refractivity contribution is -0.120. The molecule has 0 fully saturated rings. The lowest BCUT2D eigenvalue weighted by Gasteiger charge is -2.05. The van der Waals surface area contributed by atoms with Gasteiger partial charge in [0.05, 0.1) is 12.8 Å². The van der Waals surface area contributed by atoms with E-state index in [0.717, 1.165) is 0 Å². The highest BCUT2D eigenvalue weighted by atomic mass is 16.5. The van der Waals surface area contributed by atoms with E-state index in [2.05, 4.69) is 10.4 Å². The topological polar surface area (TPSA) is 82.2 Å². The zero-order valence-electron chi connectivity index (χ0n) is 8.06. The van der Waals surface area contributed by atoms with Crippen molar-refractivity contribution in [3.63, 3.8) is 0 Å². The van der Waals surface area contributed by atoms with Gasteiger partial charge in [-0.25, -0.2) is 0 Å². The fourth-order valence-electron chi connectivity index (χ4n) is 0.924. The van der Waals surface area contributed by atoms with Gasteiger partial charge in [-0.05, 0) is 0 Å². The van der Waals surface area contributed by atoms with Gasteiger partial charge < -0.3 is 15.8 Å². The number of aromatic nitrogens is 2. The summed E-state index contributed by atoms with van der Waals surface area (Å²) in [6, 6.07) is 1.71. The zero-order chi connectivity index (χ0) is 10.4. The molecule has 3 N–H and O–H groups in total. The molecule has 14 heavy (non-hydrogen) atoms. The van der Waals surface area contributed by atoms with Crippen LogP contribution >= 0.6 is 0 Å². The molecule has 1 aromatic heterocycles. The molecule has 1 aromatic rings. The Hall–Kier alpha value is -1.40. The number of anilines is 1. The number of amides is 1. The van der Waals surface area contributed by atoms with E-state index in [9.17, 15) is 4.79 Å². The first-order valence-corrected chi connectivity index (χ1v) is 4.29. The van der Waals surface area contributed by atoms with E-state index in [0.29, 0.717) is 19.0 Å². The van der Waals surface area contributed by atoms with Gasteiger partial charge in [0.15, 0.2) is 0 Å². The Morgan fingerprint density at radius 3 is 3.14 bits per heavy atom. The van der Waals surface area contributed by atoms with Crippen molar-refractivity contribution in [2.45, 2.75) is 0 Å². The molecular formula is C8H14N4O2. The first kappa shape index (κ1) is 10.7. The van der Waals surface area contributed by atoms with Crippen molar-refractivity contribution in [3.8, 4) is 0 Å². The molecule has 0 saturated heterocycles. The van der Waals surface area contributed by atoms with E-state index in [1.165, 1.54) is 0 Å². The van der Waals surface area contributed by atoms with Gasteiger partial charge >= 0.3 is 0 Å². The van der Waals surface area contributed by atoms with E-state index in [-0.39, 0.29) is 12.5 Å². The van der Waals surface area contributed by atoms with E-state index in [1.807, 2.05) is 0 Å². The van der Waals surface area contributed by atoms with Crippen LogP contribution in [-0.4, -0.2) is 35.4 Å². The second-order valence-corrected chi connectivity index (χ2v) is 2.73. The van der Waals surface area contributed by atoms with Crippen LogP contribution in [0.5, 0.6) is 0 Å². The molecule has 0 aliphatic carbocycles. The minimum Gasteiger partial charge on any atom is -0.370 e. The van der Waals surface area contributed by atoms with E-state index >= 15 is 0 Å². The largest absolute Gasteiger partial charge is 0.370 e. The molecule has 1 heterocycles. The third-order valence-corrected chi connectivity index (χ3v) is 1.58. The first-order valence-electron chi connectivity index (χ1n) is 4.29. The molecule has 0 aliphatic rings. The van der Waals surface area contributed by atoms with Crippen molar-refractivity contribution < 1.29 is 9.53 Å². The second-order valence-electron chi connectivity index (χ2n) is 2.73. The summed E-state index contributed by atoms with van der Waals surface area (Å²) in [6.07, 6.45) is 1.61. The summed E-state index contributed by atoms with van der Waals surface area (Å²) in [6.45, 7) is 0.820. The van der Waals surface area contributed by atoms with Crippen LogP contribution in [0.4, 0.5) is 5.82 Å². The number of hydrogen-bond acceptors (Lipinski definition) is 4. The minimum atomic E-state index is -0.206. The third-order valence-electron chi connectivity index (χ3n) is 1.58. The number of hydrogen-bond donors (Lipinski definition) is 2. The van der Waals surface area contributed by atoms with Gasteiger partial charge in [-0.2, -0.15) is 5.10 Å². The predicted molar refractivity (Wildman–Crippen MR) is 51.7 cm³/mol. The molecule has 0 atom stereocenters. The summed E-state index contributed by atoms with van der Waals surface area (Å²) in [7, 11) is 1.75. The lowest BCUT2D eigenvalue weighted by atomic mass is 10.5. The summed E-state index contributed by atoms with van der Waals surface area (Å²) in [4.78, 5) is 11.2. The molecule has 0 aromatic carbocycles. The van der Waals surface area contributed by atoms with Crippen molar-refractivity contribution in [2.75, 3.05) is 25.1 Å². The van der Waals surface area contributed by atoms with Gasteiger partial charge in [0, 0.05) is 19.7 Å². The molecule has 0 radical (unpaired) electrons. The monoisotopic (exact) mass is 198 g/mol. The van der Waals surface area contributed by atoms with Gasteiger partial charge in [-0.15, -0.1) is 0 Å². The van der Waals surface area contributed by atoms with Gasteiger partial charge in [0.1, 0.15) is 12.4 Å². The number of rotatable bonds is 5. The number of aryl methyl sites for hydroxylation is 1. The summed E-state index contributed by atoms with van der Waals surface area (Å²) in [5, 5.41) is 6.55. The number of nitrogens with zero attached hydrogens (tertiary/aromatic N) is 2. The van der Waals surface area contributed by atoms with Crippen LogP contribution in [0.3, 0.4) is 0 Å². The maximum Gasteiger partial charge on any atom is 0.251 e. The normalized spacial score (nSPS) is 10.1. The summed E-state index contributed by atoms with van der Waals surface area (Å²) < 4.78 is 6.54. The predicted octanol–water partition coefficient (Wildman–Crippen LogP) is -0.666. The molecule has 78 valence electrons. The molecule has 0 unspecified atom stereocenters. The number of nitrogens with one attached hydrogen (secondary N) is 1. The Bertz CT molecular complexity index is 297. The fourth-order valence-corrected chi connectivity index (χ4v) is 0.924. The number of carbonyl (C=O) groups is 1. The van der Waals surface area contributed by atoms with Crippen LogP contribution in [0.15, 0.2) is 12.3 Å². The Labute approximate surface area is 82.0 Å². The maximum atomic E-state index is 11.2. The van der Waals surface area contributed by atoms with Crippen LogP contribution in [-0.2, 0) is 16.6 Å². The number of carbonyl (C=O) groups excluding carboxylic acids is 1. The fraction of sp³-hybridized carbons (Fsp3) is 0.500. The Kier molecular flexibility index (Phi) is 4.09. The second kappa shape index (κ2) is 5.36. The molecule has 0 saturated carbocycles. The van der Waals surface area contributed by atoms with Gasteiger partial charge in [0.25, 0.3) is 5.91 Å². The highest BCUT2D eigenvalue weighted by molar-refractivity contribution is 5.90. The quantitative estimate of drug-likeness (QED) is 0.615. The Morgan fingerprint density at radius 2 is 2.57 bits per heavy atom. The molecular weight excluding hydrogens is 184 g/mol. The van der Waals surface area contributed by atoms with Crippen molar-refractivity contribution in [1.82, 2.24) is 9.78 Å². The minimum absolute atomic E-state index is 0.0162. The van der Waals surface area contributed by atoms with Crippen LogP contribution in [0.25, 0.3) is 0 Å². The maximum absolute atomic E-state index is 11.2. The average Bonchev–Trinajstić information content (AvgIpc) is 2.52. The summed E-state index contributed by atoms with van der Waals surface area (Å²) in [5.74, 6) is 0.438. The van der Waals surface area contributed by atoms with E-state index in [4.69, 9.17) is 10.5 Å². The van der Waals surface area contributed by atoms with Gasteiger partial charge in [0.2, 0.25) is 0 Å². The van der Waals surface area contributed by atoms with Gasteiger partial charge in [-0.1, -0.05) is 0 Å². The van der Waals surface area contributed by atoms with Crippen LogP contribution in [0.2, 0.25) is 0 Å². The van der Waals surface area contributed by atoms with Crippen LogP contribution < -0.4 is 11.1 Å². The smallest absolute Gasteiger partial charge is 0.251 e. The SMILES string of the molecule is Cn1nccc1NC(=O)COCCN. The Balaban J connectivity index is 2.31. The molecule has 6 heteroatoms. The molecule has 1 rings (SSSR count). The standard InChI is InChI=1S/C8H14N4O2/c1-12-7(2-4-10-12)11-8(13)6-14-5-3-9/h2,4H,3,5-6,9H2,1H3,(H,11,13). The van der Waals surface area contributed by atoms with Crippen molar-refractivity contribution in [3.05, 3.63) is 12.3 Å². The van der Waals surface area contributed by atoms with Crippen molar-refractivity contribution in [1.29, 1.82) is 0 Å². The molecule has 0 bridgehead atoms. The summed E-state index contributed by atoms with van der Waals surface area (Å²) in [5.41, 5.74) is 5.20. The lowest BCUT2D eigenvalue weighted by Crippen LogP contribution is -2.21. The van der Waals surface area contributed by atoms with E-state index < -0.39 is 0 Å². The van der Waals surface area contributed by atoms with Crippen LogP contribution in [0.1, 0.15) is 0 Å². The average molecular weight is 198 g/mol. The third kappa shape index (κ3) is 3.15. The molecule has 0 spiro atoms.